The molecule has 0 bridgehead atoms. The molecule has 5 aromatic rings. The predicted octanol–water partition coefficient (Wildman–Crippen LogP) is 6.10. The van der Waals surface area contributed by atoms with Crippen molar-refractivity contribution in [3.8, 4) is 0 Å². The number of benzene rings is 5. The summed E-state index contributed by atoms with van der Waals surface area (Å²) in [6.45, 7) is -0.557. The number of hydrogen-bond acceptors (Lipinski definition) is 11. The Morgan fingerprint density at radius 2 is 0.692 bits per heavy atom. The second-order valence-electron chi connectivity index (χ2n) is 11.5. The van der Waals surface area contributed by atoms with Gasteiger partial charge in [0.1, 0.15) is 12.7 Å². The van der Waals surface area contributed by atoms with Gasteiger partial charge >= 0.3 is 29.8 Å². The number of carbonyl (C=O) groups is 5. The molecule has 1 aliphatic rings. The molecule has 5 atom stereocenters. The average Bonchev–Trinajstić information content (AvgIpc) is 3.20. The number of esters is 5. The second-order valence-corrected chi connectivity index (χ2v) is 11.5. The lowest BCUT2D eigenvalue weighted by Crippen LogP contribution is -2.63. The van der Waals surface area contributed by atoms with Crippen LogP contribution in [0.15, 0.2) is 152 Å². The highest BCUT2D eigenvalue weighted by Gasteiger charge is 2.54. The van der Waals surface area contributed by atoms with Crippen molar-refractivity contribution in [2.24, 2.45) is 0 Å². The molecule has 5 aromatic carbocycles. The predicted molar refractivity (Wildman–Crippen MR) is 184 cm³/mol. The third kappa shape index (κ3) is 8.76. The zero-order chi connectivity index (χ0) is 36.3. The summed E-state index contributed by atoms with van der Waals surface area (Å²) in [5, 5.41) is 0. The van der Waals surface area contributed by atoms with Gasteiger partial charge in [0.25, 0.3) is 0 Å². The smallest absolute Gasteiger partial charge is 0.340 e. The maximum Gasteiger partial charge on any atom is 0.340 e. The Labute approximate surface area is 298 Å². The van der Waals surface area contributed by atoms with Crippen LogP contribution in [0.3, 0.4) is 0 Å². The van der Waals surface area contributed by atoms with Crippen molar-refractivity contribution in [3.63, 3.8) is 0 Å². The molecule has 11 heteroatoms. The summed E-state index contributed by atoms with van der Waals surface area (Å²) in [5.74, 6) is -4.19. The molecular weight excluding hydrogens is 668 g/mol. The Morgan fingerprint density at radius 3 is 1.08 bits per heavy atom. The molecular formula is C41H32O11. The van der Waals surface area contributed by atoms with Crippen LogP contribution >= 0.6 is 0 Å². The molecule has 1 unspecified atom stereocenters. The molecule has 0 spiro atoms. The molecule has 6 rings (SSSR count). The molecule has 0 aliphatic carbocycles. The largest absolute Gasteiger partial charge is 0.459 e. The monoisotopic (exact) mass is 700 g/mol. The van der Waals surface area contributed by atoms with Gasteiger partial charge in [0.05, 0.1) is 27.8 Å². The lowest BCUT2D eigenvalue weighted by atomic mass is 9.97. The number of rotatable bonds is 11. The van der Waals surface area contributed by atoms with E-state index in [0.717, 1.165) is 0 Å². The highest BCUT2D eigenvalue weighted by Crippen LogP contribution is 2.32. The topological polar surface area (TPSA) is 141 Å². The van der Waals surface area contributed by atoms with E-state index in [9.17, 15) is 24.0 Å². The number of ether oxygens (including phenoxy) is 6. The Morgan fingerprint density at radius 1 is 0.385 bits per heavy atom. The first-order chi connectivity index (χ1) is 25.4. The van der Waals surface area contributed by atoms with Gasteiger partial charge in [-0.05, 0) is 60.7 Å². The van der Waals surface area contributed by atoms with E-state index >= 15 is 0 Å². The third-order valence-electron chi connectivity index (χ3n) is 7.97. The van der Waals surface area contributed by atoms with E-state index in [4.69, 9.17) is 28.4 Å². The molecule has 52 heavy (non-hydrogen) atoms. The highest BCUT2D eigenvalue weighted by molar-refractivity contribution is 5.92. The highest BCUT2D eigenvalue weighted by atomic mass is 16.7. The van der Waals surface area contributed by atoms with E-state index in [1.54, 1.807) is 103 Å². The van der Waals surface area contributed by atoms with E-state index in [1.807, 2.05) is 0 Å². The Kier molecular flexibility index (Phi) is 11.4. The van der Waals surface area contributed by atoms with Crippen molar-refractivity contribution in [1.82, 2.24) is 0 Å². The second kappa shape index (κ2) is 16.9. The van der Waals surface area contributed by atoms with Gasteiger partial charge < -0.3 is 28.4 Å². The van der Waals surface area contributed by atoms with E-state index < -0.39 is 67.2 Å². The summed E-state index contributed by atoms with van der Waals surface area (Å²) >= 11 is 0. The molecule has 0 radical (unpaired) electrons. The van der Waals surface area contributed by atoms with E-state index in [-0.39, 0.29) is 27.8 Å². The first-order valence-electron chi connectivity index (χ1n) is 16.3. The summed E-state index contributed by atoms with van der Waals surface area (Å²) in [5.41, 5.74) is 0.762. The molecule has 0 amide bonds. The number of hydrogen-bond donors (Lipinski definition) is 0. The molecule has 1 aliphatic heterocycles. The van der Waals surface area contributed by atoms with E-state index in [0.29, 0.717) is 0 Å². The zero-order valence-electron chi connectivity index (χ0n) is 27.5. The quantitative estimate of drug-likeness (QED) is 0.117. The van der Waals surface area contributed by atoms with Gasteiger partial charge in [-0.25, -0.2) is 24.0 Å². The fraction of sp³-hybridized carbons (Fsp3) is 0.146. The molecule has 1 heterocycles. The lowest BCUT2D eigenvalue weighted by Gasteiger charge is -2.43. The van der Waals surface area contributed by atoms with Crippen LogP contribution in [0.25, 0.3) is 0 Å². The SMILES string of the molecule is O=C(OCC1O[C@@H](OC(=O)c2ccccc2)[C@@H](OC(=O)c2ccccc2)[C@@H](OC(=O)c2ccccc2)[C@@H]1OC(=O)c1ccccc1)c1ccccc1. The third-order valence-corrected chi connectivity index (χ3v) is 7.97. The summed E-state index contributed by atoms with van der Waals surface area (Å²) < 4.78 is 35.5. The molecule has 1 saturated heterocycles. The fourth-order valence-electron chi connectivity index (χ4n) is 5.37. The van der Waals surface area contributed by atoms with Crippen molar-refractivity contribution in [2.75, 3.05) is 6.61 Å². The van der Waals surface area contributed by atoms with Crippen molar-refractivity contribution in [2.45, 2.75) is 30.7 Å². The molecule has 0 N–H and O–H groups in total. The van der Waals surface area contributed by atoms with Gasteiger partial charge in [-0.2, -0.15) is 0 Å². The maximum atomic E-state index is 13.7. The normalized spacial score (nSPS) is 19.3. The van der Waals surface area contributed by atoms with Crippen molar-refractivity contribution in [3.05, 3.63) is 179 Å². The van der Waals surface area contributed by atoms with Crippen LogP contribution < -0.4 is 0 Å². The Hall–Kier alpha value is -6.59. The lowest BCUT2D eigenvalue weighted by molar-refractivity contribution is -0.282. The summed E-state index contributed by atoms with van der Waals surface area (Å²) in [7, 11) is 0. The Bertz CT molecular complexity index is 1970. The summed E-state index contributed by atoms with van der Waals surface area (Å²) in [4.78, 5) is 67.4. The minimum Gasteiger partial charge on any atom is -0.459 e. The van der Waals surface area contributed by atoms with Gasteiger partial charge in [-0.3, -0.25) is 0 Å². The standard InChI is InChI=1S/C41H32O11/c42-36(27-16-6-1-7-17-27)47-26-32-33(49-37(43)28-18-8-2-9-19-28)34(50-38(44)29-20-10-3-11-21-29)35(51-39(45)30-22-12-4-13-23-30)41(48-32)52-40(46)31-24-14-5-15-25-31/h1-25,32-35,41H,26H2/t32?,33-,34+,35+,41+/m1/s1. The fourth-order valence-corrected chi connectivity index (χ4v) is 5.37. The summed E-state index contributed by atoms with van der Waals surface area (Å²) in [6.07, 6.45) is -8.07. The van der Waals surface area contributed by atoms with Crippen LogP contribution in [-0.4, -0.2) is 67.2 Å². The van der Waals surface area contributed by atoms with Crippen molar-refractivity contribution >= 4 is 29.8 Å². The van der Waals surface area contributed by atoms with Crippen LogP contribution in [0.2, 0.25) is 0 Å². The van der Waals surface area contributed by atoms with E-state index in [1.165, 1.54) is 48.5 Å². The molecule has 1 fully saturated rings. The average molecular weight is 701 g/mol. The van der Waals surface area contributed by atoms with E-state index in [2.05, 4.69) is 0 Å². The Balaban J connectivity index is 1.41. The van der Waals surface area contributed by atoms with Crippen molar-refractivity contribution in [1.29, 1.82) is 0 Å². The van der Waals surface area contributed by atoms with Crippen LogP contribution in [0.5, 0.6) is 0 Å². The van der Waals surface area contributed by atoms with Gasteiger partial charge in [0.15, 0.2) is 12.2 Å². The molecule has 262 valence electrons. The van der Waals surface area contributed by atoms with Crippen molar-refractivity contribution < 1.29 is 52.4 Å². The first-order valence-corrected chi connectivity index (χ1v) is 16.3. The number of carbonyl (C=O) groups excluding carboxylic acids is 5. The van der Waals surface area contributed by atoms with Crippen LogP contribution in [0.1, 0.15) is 51.8 Å². The van der Waals surface area contributed by atoms with Gasteiger partial charge in [-0.15, -0.1) is 0 Å². The minimum absolute atomic E-state index is 0.125. The first kappa shape index (κ1) is 35.2. The summed E-state index contributed by atoms with van der Waals surface area (Å²) in [6, 6.07) is 40.0. The molecule has 11 nitrogen and oxygen atoms in total. The van der Waals surface area contributed by atoms with Gasteiger partial charge in [-0.1, -0.05) is 91.0 Å². The molecule has 0 aromatic heterocycles. The maximum absolute atomic E-state index is 13.7. The van der Waals surface area contributed by atoms with Crippen LogP contribution in [0.4, 0.5) is 0 Å². The minimum atomic E-state index is -1.75. The van der Waals surface area contributed by atoms with Gasteiger partial charge in [0.2, 0.25) is 12.4 Å². The van der Waals surface area contributed by atoms with Crippen LogP contribution in [0, 0.1) is 0 Å². The zero-order valence-corrected chi connectivity index (χ0v) is 27.5. The molecule has 0 saturated carbocycles. The van der Waals surface area contributed by atoms with Crippen LogP contribution in [-0.2, 0) is 28.4 Å². The van der Waals surface area contributed by atoms with Gasteiger partial charge in [0, 0.05) is 0 Å².